The first-order valence-electron chi connectivity index (χ1n) is 5.51. The van der Waals surface area contributed by atoms with Gasteiger partial charge in [0.15, 0.2) is 0 Å². The normalized spacial score (nSPS) is 16.4. The lowest BCUT2D eigenvalue weighted by atomic mass is 9.93. The molecule has 0 heterocycles. The first kappa shape index (κ1) is 11.8. The number of aryl methyl sites for hydroxylation is 1. The summed E-state index contributed by atoms with van der Waals surface area (Å²) in [5.74, 6) is 0.390. The number of benzene rings is 1. The van der Waals surface area contributed by atoms with Gasteiger partial charge in [-0.2, -0.15) is 0 Å². The second-order valence-corrected chi connectivity index (χ2v) is 4.43. The van der Waals surface area contributed by atoms with Crippen LogP contribution in [0.25, 0.3) is 0 Å². The van der Waals surface area contributed by atoms with Crippen molar-refractivity contribution in [2.45, 2.75) is 25.2 Å². The molecular formula is C13H16O4. The lowest BCUT2D eigenvalue weighted by Gasteiger charge is -2.19. The molecule has 1 aromatic rings. The highest BCUT2D eigenvalue weighted by Gasteiger charge is 2.55. The zero-order valence-corrected chi connectivity index (χ0v) is 10.2. The predicted molar refractivity (Wildman–Crippen MR) is 62.8 cm³/mol. The highest BCUT2D eigenvalue weighted by molar-refractivity contribution is 5.87. The SMILES string of the molecule is COc1cc(C)cc(OC)c1C1(C(=O)O)CC1. The van der Waals surface area contributed by atoms with E-state index in [1.54, 1.807) is 14.2 Å². The van der Waals surface area contributed by atoms with E-state index in [2.05, 4.69) is 0 Å². The minimum absolute atomic E-state index is 0.599. The van der Waals surface area contributed by atoms with Crippen molar-refractivity contribution in [3.63, 3.8) is 0 Å². The van der Waals surface area contributed by atoms with E-state index in [1.807, 2.05) is 19.1 Å². The van der Waals surface area contributed by atoms with Crippen LogP contribution in [0.2, 0.25) is 0 Å². The molecule has 0 amide bonds. The van der Waals surface area contributed by atoms with E-state index in [9.17, 15) is 9.90 Å². The van der Waals surface area contributed by atoms with Crippen LogP contribution < -0.4 is 9.47 Å². The van der Waals surface area contributed by atoms with Crippen molar-refractivity contribution in [1.82, 2.24) is 0 Å². The molecule has 1 aromatic carbocycles. The van der Waals surface area contributed by atoms with Crippen molar-refractivity contribution in [3.05, 3.63) is 23.3 Å². The summed E-state index contributed by atoms with van der Waals surface area (Å²) >= 11 is 0. The molecule has 4 nitrogen and oxygen atoms in total. The zero-order chi connectivity index (χ0) is 12.6. The number of carbonyl (C=O) groups is 1. The average molecular weight is 236 g/mol. The van der Waals surface area contributed by atoms with Crippen molar-refractivity contribution in [3.8, 4) is 11.5 Å². The molecule has 1 aliphatic rings. The van der Waals surface area contributed by atoms with Crippen molar-refractivity contribution in [1.29, 1.82) is 0 Å². The summed E-state index contributed by atoms with van der Waals surface area (Å²) in [6.45, 7) is 1.93. The number of carboxylic acid groups (broad SMARTS) is 1. The van der Waals surface area contributed by atoms with Crippen LogP contribution in [-0.4, -0.2) is 25.3 Å². The van der Waals surface area contributed by atoms with Crippen LogP contribution in [0.1, 0.15) is 24.0 Å². The first-order chi connectivity index (χ1) is 8.05. The molecule has 0 unspecified atom stereocenters. The van der Waals surface area contributed by atoms with Crippen LogP contribution in [0.15, 0.2) is 12.1 Å². The summed E-state index contributed by atoms with van der Waals surface area (Å²) in [4.78, 5) is 11.4. The molecule has 0 saturated heterocycles. The lowest BCUT2D eigenvalue weighted by molar-refractivity contribution is -0.140. The van der Waals surface area contributed by atoms with Gasteiger partial charge in [0.2, 0.25) is 0 Å². The van der Waals surface area contributed by atoms with Crippen LogP contribution in [0.4, 0.5) is 0 Å². The van der Waals surface area contributed by atoms with Gasteiger partial charge >= 0.3 is 5.97 Å². The third-order valence-electron chi connectivity index (χ3n) is 3.29. The monoisotopic (exact) mass is 236 g/mol. The van der Waals surface area contributed by atoms with Crippen LogP contribution >= 0.6 is 0 Å². The Balaban J connectivity index is 2.63. The number of methoxy groups -OCH3 is 2. The highest BCUT2D eigenvalue weighted by atomic mass is 16.5. The standard InChI is InChI=1S/C13H16O4/c1-8-6-9(16-2)11(10(7-8)17-3)13(4-5-13)12(14)15/h6-7H,4-5H2,1-3H3,(H,14,15). The molecule has 0 spiro atoms. The molecule has 1 N–H and O–H groups in total. The number of carboxylic acids is 1. The number of aliphatic carboxylic acids is 1. The Kier molecular flexibility index (Phi) is 2.73. The summed E-state index contributed by atoms with van der Waals surface area (Å²) in [7, 11) is 3.10. The third kappa shape index (κ3) is 1.73. The maximum absolute atomic E-state index is 11.4. The summed E-state index contributed by atoms with van der Waals surface area (Å²) in [6.07, 6.45) is 1.27. The third-order valence-corrected chi connectivity index (χ3v) is 3.29. The van der Waals surface area contributed by atoms with Crippen molar-refractivity contribution < 1.29 is 19.4 Å². The molecule has 0 aromatic heterocycles. The van der Waals surface area contributed by atoms with E-state index in [-0.39, 0.29) is 0 Å². The Labute approximate surface area is 100 Å². The topological polar surface area (TPSA) is 55.8 Å². The minimum Gasteiger partial charge on any atom is -0.496 e. The van der Waals surface area contributed by atoms with E-state index >= 15 is 0 Å². The zero-order valence-electron chi connectivity index (χ0n) is 10.2. The minimum atomic E-state index is -0.815. The van der Waals surface area contributed by atoms with Crippen LogP contribution in [0.5, 0.6) is 11.5 Å². The van der Waals surface area contributed by atoms with Gasteiger partial charge in [0.25, 0.3) is 0 Å². The first-order valence-corrected chi connectivity index (χ1v) is 5.51. The van der Waals surface area contributed by atoms with E-state index < -0.39 is 11.4 Å². The van der Waals surface area contributed by atoms with Gasteiger partial charge in [-0.1, -0.05) is 0 Å². The van der Waals surface area contributed by atoms with Crippen LogP contribution in [-0.2, 0) is 10.2 Å². The Bertz CT molecular complexity index is 435. The smallest absolute Gasteiger partial charge is 0.314 e. The summed E-state index contributed by atoms with van der Waals surface area (Å²) < 4.78 is 10.6. The maximum Gasteiger partial charge on any atom is 0.314 e. The molecule has 0 atom stereocenters. The van der Waals surface area contributed by atoms with Gasteiger partial charge in [-0.05, 0) is 37.5 Å². The lowest BCUT2D eigenvalue weighted by Crippen LogP contribution is -2.21. The predicted octanol–water partition coefficient (Wildman–Crippen LogP) is 2.13. The van der Waals surface area contributed by atoms with Crippen molar-refractivity contribution >= 4 is 5.97 Å². The molecule has 1 aliphatic carbocycles. The second kappa shape index (κ2) is 3.95. The Hall–Kier alpha value is -1.71. The molecule has 0 aliphatic heterocycles. The van der Waals surface area contributed by atoms with Gasteiger partial charge < -0.3 is 14.6 Å². The van der Waals surface area contributed by atoms with Crippen molar-refractivity contribution in [2.75, 3.05) is 14.2 Å². The molecule has 17 heavy (non-hydrogen) atoms. The molecule has 2 rings (SSSR count). The fourth-order valence-electron chi connectivity index (χ4n) is 2.21. The van der Waals surface area contributed by atoms with E-state index in [1.165, 1.54) is 0 Å². The van der Waals surface area contributed by atoms with Gasteiger partial charge in [0.05, 0.1) is 19.8 Å². The average Bonchev–Trinajstić information content (AvgIpc) is 3.08. The van der Waals surface area contributed by atoms with E-state index in [0.29, 0.717) is 29.9 Å². The van der Waals surface area contributed by atoms with Gasteiger partial charge in [-0.25, -0.2) is 0 Å². The molecule has 0 bridgehead atoms. The second-order valence-electron chi connectivity index (χ2n) is 4.43. The molecule has 1 saturated carbocycles. The van der Waals surface area contributed by atoms with E-state index in [0.717, 1.165) is 5.56 Å². The van der Waals surface area contributed by atoms with Gasteiger partial charge in [0.1, 0.15) is 16.9 Å². The van der Waals surface area contributed by atoms with Gasteiger partial charge in [-0.15, -0.1) is 0 Å². The Morgan fingerprint density at radius 3 is 2.00 bits per heavy atom. The summed E-state index contributed by atoms with van der Waals surface area (Å²) in [5, 5.41) is 9.36. The molecule has 0 radical (unpaired) electrons. The van der Waals surface area contributed by atoms with Crippen molar-refractivity contribution in [2.24, 2.45) is 0 Å². The summed E-state index contributed by atoms with van der Waals surface area (Å²) in [5.41, 5.74) is 0.842. The van der Waals surface area contributed by atoms with E-state index in [4.69, 9.17) is 9.47 Å². The number of rotatable bonds is 4. The molecule has 92 valence electrons. The molecular weight excluding hydrogens is 220 g/mol. The Morgan fingerprint density at radius 1 is 1.24 bits per heavy atom. The largest absolute Gasteiger partial charge is 0.496 e. The maximum atomic E-state index is 11.4. The van der Waals surface area contributed by atoms with Gasteiger partial charge in [0, 0.05) is 0 Å². The van der Waals surface area contributed by atoms with Gasteiger partial charge in [-0.3, -0.25) is 4.79 Å². The number of hydrogen-bond donors (Lipinski definition) is 1. The number of ether oxygens (including phenoxy) is 2. The quantitative estimate of drug-likeness (QED) is 0.870. The van der Waals surface area contributed by atoms with Crippen LogP contribution in [0, 0.1) is 6.92 Å². The highest BCUT2D eigenvalue weighted by Crippen LogP contribution is 2.55. The molecule has 1 fully saturated rings. The fourth-order valence-corrected chi connectivity index (χ4v) is 2.21. The fraction of sp³-hybridized carbons (Fsp3) is 0.462. The number of hydrogen-bond acceptors (Lipinski definition) is 3. The Morgan fingerprint density at radius 2 is 1.71 bits per heavy atom. The summed E-state index contributed by atoms with van der Waals surface area (Å²) in [6, 6.07) is 3.70. The van der Waals surface area contributed by atoms with Crippen LogP contribution in [0.3, 0.4) is 0 Å². The molecule has 4 heteroatoms.